The van der Waals surface area contributed by atoms with E-state index in [1.54, 1.807) is 7.11 Å². The Morgan fingerprint density at radius 2 is 1.85 bits per heavy atom. The maximum Gasteiger partial charge on any atom is 0.188 e. The first kappa shape index (κ1) is 23.8. The zero-order valence-electron chi connectivity index (χ0n) is 19.2. The largest absolute Gasteiger partial charge is 0.466 e. The molecule has 1 aliphatic heterocycles. The molecule has 1 unspecified atom stereocenters. The van der Waals surface area contributed by atoms with Gasteiger partial charge in [-0.1, -0.05) is 41.9 Å². The van der Waals surface area contributed by atoms with Gasteiger partial charge in [-0.2, -0.15) is 0 Å². The highest BCUT2D eigenvalue weighted by atomic mass is 35.5. The molecule has 0 bridgehead atoms. The summed E-state index contributed by atoms with van der Waals surface area (Å²) in [4.78, 5) is 4.09. The third kappa shape index (κ3) is 4.94. The molecule has 7 heteroatoms. The van der Waals surface area contributed by atoms with Crippen LogP contribution in [-0.2, 0) is 22.1 Å². The fraction of sp³-hybridized carbons (Fsp3) is 0.308. The number of nitrogens with zero attached hydrogens (tertiary/aromatic N) is 1. The average molecular weight is 485 g/mol. The number of hydrogen-bond acceptors (Lipinski definition) is 5. The Labute approximate surface area is 203 Å². The molecule has 0 aliphatic carbocycles. The van der Waals surface area contributed by atoms with Gasteiger partial charge in [0, 0.05) is 25.8 Å². The summed E-state index contributed by atoms with van der Waals surface area (Å²) in [5.41, 5.74) is 5.49. The monoisotopic (exact) mass is 484 g/mol. The van der Waals surface area contributed by atoms with Crippen molar-refractivity contribution in [2.75, 3.05) is 31.9 Å². The summed E-state index contributed by atoms with van der Waals surface area (Å²) in [5, 5.41) is 4.08. The fourth-order valence-electron chi connectivity index (χ4n) is 4.13. The molecule has 0 radical (unpaired) electrons. The van der Waals surface area contributed by atoms with Gasteiger partial charge < -0.3 is 19.7 Å². The van der Waals surface area contributed by atoms with E-state index >= 15 is 0 Å². The average Bonchev–Trinajstić information content (AvgIpc) is 2.82. The first-order chi connectivity index (χ1) is 16.0. The Morgan fingerprint density at radius 3 is 2.67 bits per heavy atom. The SMILES string of the molecule is COCOc1c(Cl)cccc1CNCCCN1c2ccccc2S(=O)c2ccc(C)c(C)c21. The lowest BCUT2D eigenvalue weighted by Crippen LogP contribution is -2.28. The third-order valence-electron chi connectivity index (χ3n) is 5.91. The number of rotatable bonds is 9. The Morgan fingerprint density at radius 1 is 1.03 bits per heavy atom. The summed E-state index contributed by atoms with van der Waals surface area (Å²) in [6, 6.07) is 17.8. The van der Waals surface area contributed by atoms with E-state index in [1.165, 1.54) is 11.1 Å². The predicted octanol–water partition coefficient (Wildman–Crippen LogP) is 5.74. The van der Waals surface area contributed by atoms with Gasteiger partial charge in [0.2, 0.25) is 0 Å². The molecule has 5 nitrogen and oxygen atoms in total. The van der Waals surface area contributed by atoms with Crippen LogP contribution >= 0.6 is 11.6 Å². The van der Waals surface area contributed by atoms with Gasteiger partial charge in [0.15, 0.2) is 6.79 Å². The molecular formula is C26H29ClN2O3S. The minimum absolute atomic E-state index is 0.157. The topological polar surface area (TPSA) is 50.8 Å². The second-order valence-corrected chi connectivity index (χ2v) is 9.88. The molecule has 1 heterocycles. The van der Waals surface area contributed by atoms with Gasteiger partial charge in [-0.15, -0.1) is 0 Å². The number of halogens is 1. The van der Waals surface area contributed by atoms with Crippen LogP contribution in [0.25, 0.3) is 0 Å². The maximum absolute atomic E-state index is 13.2. The zero-order chi connectivity index (χ0) is 23.4. The van der Waals surface area contributed by atoms with Crippen molar-refractivity contribution in [2.45, 2.75) is 36.6 Å². The van der Waals surface area contributed by atoms with Crippen molar-refractivity contribution in [1.82, 2.24) is 5.32 Å². The predicted molar refractivity (Wildman–Crippen MR) is 134 cm³/mol. The Balaban J connectivity index is 1.46. The maximum atomic E-state index is 13.2. The molecule has 33 heavy (non-hydrogen) atoms. The quantitative estimate of drug-likeness (QED) is 0.310. The Hall–Kier alpha value is -2.38. The summed E-state index contributed by atoms with van der Waals surface area (Å²) >= 11 is 6.30. The molecule has 174 valence electrons. The lowest BCUT2D eigenvalue weighted by molar-refractivity contribution is 0.0504. The second kappa shape index (κ2) is 10.7. The number of methoxy groups -OCH3 is 1. The Kier molecular flexibility index (Phi) is 7.71. The molecule has 0 saturated carbocycles. The number of anilines is 2. The van der Waals surface area contributed by atoms with E-state index in [4.69, 9.17) is 21.1 Å². The van der Waals surface area contributed by atoms with Crippen LogP contribution in [0.15, 0.2) is 64.4 Å². The van der Waals surface area contributed by atoms with Crippen molar-refractivity contribution in [1.29, 1.82) is 0 Å². The summed E-state index contributed by atoms with van der Waals surface area (Å²) in [7, 11) is 0.423. The van der Waals surface area contributed by atoms with Gasteiger partial charge in [-0.05, 0) is 62.2 Å². The fourth-order valence-corrected chi connectivity index (χ4v) is 5.81. The van der Waals surface area contributed by atoms with Gasteiger partial charge in [0.25, 0.3) is 0 Å². The van der Waals surface area contributed by atoms with Crippen LogP contribution in [0.1, 0.15) is 23.1 Å². The van der Waals surface area contributed by atoms with E-state index in [0.717, 1.165) is 46.2 Å². The van der Waals surface area contributed by atoms with Gasteiger partial charge in [0.05, 0.1) is 37.0 Å². The molecule has 1 N–H and O–H groups in total. The van der Waals surface area contributed by atoms with Crippen LogP contribution < -0.4 is 15.0 Å². The lowest BCUT2D eigenvalue weighted by Gasteiger charge is -2.34. The van der Waals surface area contributed by atoms with E-state index in [9.17, 15) is 4.21 Å². The number of fused-ring (bicyclic) bond motifs is 2. The number of benzene rings is 3. The number of aryl methyl sites for hydroxylation is 1. The van der Waals surface area contributed by atoms with Gasteiger partial charge >= 0.3 is 0 Å². The summed E-state index contributed by atoms with van der Waals surface area (Å²) in [6.45, 7) is 6.66. The highest BCUT2D eigenvalue weighted by Gasteiger charge is 2.29. The van der Waals surface area contributed by atoms with Crippen LogP contribution in [0.3, 0.4) is 0 Å². The molecule has 3 aromatic rings. The second-order valence-electron chi connectivity index (χ2n) is 8.05. The van der Waals surface area contributed by atoms with Crippen LogP contribution in [-0.4, -0.2) is 31.2 Å². The van der Waals surface area contributed by atoms with E-state index in [-0.39, 0.29) is 6.79 Å². The first-order valence-electron chi connectivity index (χ1n) is 11.0. The van der Waals surface area contributed by atoms with Gasteiger partial charge in [0.1, 0.15) is 5.75 Å². The van der Waals surface area contributed by atoms with E-state index in [2.05, 4.69) is 36.2 Å². The van der Waals surface area contributed by atoms with Crippen molar-refractivity contribution >= 4 is 33.8 Å². The molecular weight excluding hydrogens is 456 g/mol. The molecule has 1 aliphatic rings. The highest BCUT2D eigenvalue weighted by Crippen LogP contribution is 2.44. The van der Waals surface area contributed by atoms with Crippen LogP contribution in [0, 0.1) is 13.8 Å². The van der Waals surface area contributed by atoms with Crippen molar-refractivity contribution in [3.05, 3.63) is 76.3 Å². The molecule has 1 atom stereocenters. The smallest absolute Gasteiger partial charge is 0.188 e. The molecule has 0 spiro atoms. The van der Waals surface area contributed by atoms with Gasteiger partial charge in [-0.25, -0.2) is 4.21 Å². The van der Waals surface area contributed by atoms with Crippen molar-refractivity contribution in [2.24, 2.45) is 0 Å². The Bertz CT molecular complexity index is 1170. The minimum Gasteiger partial charge on any atom is -0.466 e. The number of hydrogen-bond donors (Lipinski definition) is 1. The van der Waals surface area contributed by atoms with Crippen LogP contribution in [0.5, 0.6) is 5.75 Å². The van der Waals surface area contributed by atoms with E-state index in [0.29, 0.717) is 17.3 Å². The molecule has 0 saturated heterocycles. The molecule has 4 rings (SSSR count). The summed E-state index contributed by atoms with van der Waals surface area (Å²) in [6.07, 6.45) is 0.919. The van der Waals surface area contributed by atoms with Crippen molar-refractivity contribution in [3.63, 3.8) is 0 Å². The standard InChI is InChI=1S/C26H29ClN2O3S/c1-18-12-13-24-25(19(18)2)29(22-10-4-5-11-23(22)33(24)30)15-7-14-28-16-20-8-6-9-21(27)26(20)32-17-31-3/h4-6,8-13,28H,7,14-17H2,1-3H3. The van der Waals surface area contributed by atoms with Crippen molar-refractivity contribution < 1.29 is 13.7 Å². The highest BCUT2D eigenvalue weighted by molar-refractivity contribution is 7.85. The molecule has 0 amide bonds. The van der Waals surface area contributed by atoms with E-state index in [1.807, 2.05) is 42.5 Å². The lowest BCUT2D eigenvalue weighted by atomic mass is 10.1. The summed E-state index contributed by atoms with van der Waals surface area (Å²) in [5.74, 6) is 0.654. The minimum atomic E-state index is -1.17. The third-order valence-corrected chi connectivity index (χ3v) is 7.68. The van der Waals surface area contributed by atoms with Crippen LogP contribution in [0.2, 0.25) is 5.02 Å². The summed E-state index contributed by atoms with van der Waals surface area (Å²) < 4.78 is 23.9. The van der Waals surface area contributed by atoms with E-state index < -0.39 is 10.8 Å². The zero-order valence-corrected chi connectivity index (χ0v) is 20.8. The van der Waals surface area contributed by atoms with Crippen LogP contribution in [0.4, 0.5) is 11.4 Å². The molecule has 0 fully saturated rings. The normalized spacial score (nSPS) is 14.7. The number of para-hydroxylation sites is 2. The van der Waals surface area contributed by atoms with Crippen molar-refractivity contribution in [3.8, 4) is 5.75 Å². The molecule has 3 aromatic carbocycles. The molecule has 0 aromatic heterocycles. The number of ether oxygens (including phenoxy) is 2. The first-order valence-corrected chi connectivity index (χ1v) is 12.5. The number of nitrogens with one attached hydrogen (secondary N) is 1. The van der Waals surface area contributed by atoms with Gasteiger partial charge in [-0.3, -0.25) is 0 Å².